The van der Waals surface area contributed by atoms with Crippen molar-refractivity contribution >= 4 is 21.6 Å². The average Bonchev–Trinajstić information content (AvgIpc) is 2.16. The van der Waals surface area contributed by atoms with Gasteiger partial charge in [0.25, 0.3) is 6.43 Å². The number of nitro groups is 1. The van der Waals surface area contributed by atoms with Crippen LogP contribution in [-0.4, -0.2) is 17.0 Å². The predicted molar refractivity (Wildman–Crippen MR) is 50.1 cm³/mol. The lowest BCUT2D eigenvalue weighted by atomic mass is 10.3. The maximum absolute atomic E-state index is 12.3. The molecule has 0 atom stereocenters. The Labute approximate surface area is 91.3 Å². The molecule has 0 aliphatic carbocycles. The number of hydrogen-bond donors (Lipinski definition) is 0. The SMILES string of the molecule is COc1c([N+](=O)[O-])cc(C(F)F)nc1Br. The fourth-order valence-corrected chi connectivity index (χ4v) is 1.51. The predicted octanol–water partition coefficient (Wildman–Crippen LogP) is 2.70. The third kappa shape index (κ3) is 2.38. The monoisotopic (exact) mass is 282 g/mol. The number of pyridine rings is 1. The van der Waals surface area contributed by atoms with Crippen LogP contribution in [0.25, 0.3) is 0 Å². The lowest BCUT2D eigenvalue weighted by molar-refractivity contribution is -0.386. The Balaban J connectivity index is 3.38. The molecule has 0 bridgehead atoms. The summed E-state index contributed by atoms with van der Waals surface area (Å²) in [6.07, 6.45) is -2.87. The summed E-state index contributed by atoms with van der Waals surface area (Å²) in [6, 6.07) is 0.689. The molecule has 0 radical (unpaired) electrons. The summed E-state index contributed by atoms with van der Waals surface area (Å²) in [5.74, 6) is -0.176. The number of halogens is 3. The van der Waals surface area contributed by atoms with E-state index in [0.29, 0.717) is 6.07 Å². The van der Waals surface area contributed by atoms with E-state index >= 15 is 0 Å². The third-order valence-corrected chi connectivity index (χ3v) is 2.09. The standard InChI is InChI=1S/C7H5BrF2N2O3/c1-15-5-4(12(13)14)2-3(7(9)10)11-6(5)8/h2,7H,1H3. The van der Waals surface area contributed by atoms with E-state index in [1.807, 2.05) is 0 Å². The quantitative estimate of drug-likeness (QED) is 0.486. The van der Waals surface area contributed by atoms with E-state index in [9.17, 15) is 18.9 Å². The van der Waals surface area contributed by atoms with Crippen molar-refractivity contribution in [3.8, 4) is 5.75 Å². The Morgan fingerprint density at radius 1 is 1.67 bits per heavy atom. The molecule has 1 heterocycles. The van der Waals surface area contributed by atoms with E-state index in [0.717, 1.165) is 0 Å². The molecule has 0 aliphatic rings. The topological polar surface area (TPSA) is 65.3 Å². The first kappa shape index (κ1) is 11.8. The first-order chi connectivity index (χ1) is 6.97. The molecular weight excluding hydrogens is 278 g/mol. The smallest absolute Gasteiger partial charge is 0.315 e. The number of alkyl halides is 2. The number of ether oxygens (including phenoxy) is 1. The molecule has 5 nitrogen and oxygen atoms in total. The van der Waals surface area contributed by atoms with E-state index in [4.69, 9.17) is 0 Å². The maximum Gasteiger partial charge on any atom is 0.315 e. The van der Waals surface area contributed by atoms with Gasteiger partial charge in [0.2, 0.25) is 5.75 Å². The van der Waals surface area contributed by atoms with Crippen molar-refractivity contribution in [3.05, 3.63) is 26.5 Å². The lowest BCUT2D eigenvalue weighted by Gasteiger charge is -2.05. The second-order valence-electron chi connectivity index (χ2n) is 2.45. The van der Waals surface area contributed by atoms with Gasteiger partial charge in [0.1, 0.15) is 5.69 Å². The fourth-order valence-electron chi connectivity index (χ4n) is 0.944. The van der Waals surface area contributed by atoms with Crippen LogP contribution in [0.3, 0.4) is 0 Å². The van der Waals surface area contributed by atoms with Gasteiger partial charge in [0, 0.05) is 6.07 Å². The molecule has 0 aromatic carbocycles. The zero-order valence-corrected chi connectivity index (χ0v) is 8.99. The third-order valence-electron chi connectivity index (χ3n) is 1.56. The summed E-state index contributed by atoms with van der Waals surface area (Å²) < 4.78 is 29.1. The van der Waals surface area contributed by atoms with Gasteiger partial charge in [-0.1, -0.05) is 0 Å². The second kappa shape index (κ2) is 4.47. The number of rotatable bonds is 3. The lowest BCUT2D eigenvalue weighted by Crippen LogP contribution is -2.00. The van der Waals surface area contributed by atoms with Crippen molar-refractivity contribution in [2.75, 3.05) is 7.11 Å². The van der Waals surface area contributed by atoms with Gasteiger partial charge in [-0.2, -0.15) is 0 Å². The first-order valence-electron chi connectivity index (χ1n) is 3.64. The van der Waals surface area contributed by atoms with Crippen LogP contribution in [0, 0.1) is 10.1 Å². The molecule has 0 saturated heterocycles. The molecule has 0 N–H and O–H groups in total. The number of nitrogens with zero attached hydrogens (tertiary/aromatic N) is 2. The average molecular weight is 283 g/mol. The van der Waals surface area contributed by atoms with Gasteiger partial charge in [-0.15, -0.1) is 0 Å². The maximum atomic E-state index is 12.3. The van der Waals surface area contributed by atoms with Gasteiger partial charge in [0.15, 0.2) is 4.60 Å². The van der Waals surface area contributed by atoms with Gasteiger partial charge in [0.05, 0.1) is 12.0 Å². The molecule has 0 unspecified atom stereocenters. The molecule has 0 aliphatic heterocycles. The summed E-state index contributed by atoms with van der Waals surface area (Å²) in [5.41, 5.74) is -1.22. The first-order valence-corrected chi connectivity index (χ1v) is 4.43. The summed E-state index contributed by atoms with van der Waals surface area (Å²) in [5, 5.41) is 10.5. The van der Waals surface area contributed by atoms with Crippen molar-refractivity contribution in [1.29, 1.82) is 0 Å². The molecule has 82 valence electrons. The Hall–Kier alpha value is -1.31. The highest BCUT2D eigenvalue weighted by Gasteiger charge is 2.23. The van der Waals surface area contributed by atoms with Crippen LogP contribution in [0.4, 0.5) is 14.5 Å². The molecule has 0 fully saturated rings. The van der Waals surface area contributed by atoms with Crippen LogP contribution in [-0.2, 0) is 0 Å². The highest BCUT2D eigenvalue weighted by molar-refractivity contribution is 9.10. The van der Waals surface area contributed by atoms with Gasteiger partial charge >= 0.3 is 5.69 Å². The largest absolute Gasteiger partial charge is 0.488 e. The fraction of sp³-hybridized carbons (Fsp3) is 0.286. The minimum atomic E-state index is -2.87. The van der Waals surface area contributed by atoms with E-state index in [1.165, 1.54) is 7.11 Å². The Morgan fingerprint density at radius 3 is 2.67 bits per heavy atom. The Morgan fingerprint density at radius 2 is 2.27 bits per heavy atom. The highest BCUT2D eigenvalue weighted by Crippen LogP contribution is 2.35. The number of hydrogen-bond acceptors (Lipinski definition) is 4. The summed E-state index contributed by atoms with van der Waals surface area (Å²) in [7, 11) is 1.19. The van der Waals surface area contributed by atoms with Crippen LogP contribution in [0.2, 0.25) is 0 Å². The van der Waals surface area contributed by atoms with Crippen LogP contribution in [0.5, 0.6) is 5.75 Å². The minimum Gasteiger partial charge on any atom is -0.488 e. The van der Waals surface area contributed by atoms with E-state index in [1.54, 1.807) is 0 Å². The molecule has 0 amide bonds. The molecule has 0 spiro atoms. The zero-order valence-electron chi connectivity index (χ0n) is 7.41. The molecule has 8 heteroatoms. The molecule has 1 aromatic heterocycles. The van der Waals surface area contributed by atoms with Crippen molar-refractivity contribution in [3.63, 3.8) is 0 Å². The molecule has 0 saturated carbocycles. The molecule has 15 heavy (non-hydrogen) atoms. The van der Waals surface area contributed by atoms with E-state index in [-0.39, 0.29) is 10.4 Å². The van der Waals surface area contributed by atoms with Crippen molar-refractivity contribution in [2.45, 2.75) is 6.43 Å². The summed E-state index contributed by atoms with van der Waals surface area (Å²) in [4.78, 5) is 13.2. The van der Waals surface area contributed by atoms with E-state index < -0.39 is 22.7 Å². The van der Waals surface area contributed by atoms with Crippen molar-refractivity contribution in [1.82, 2.24) is 4.98 Å². The Bertz CT molecular complexity index is 400. The van der Waals surface area contributed by atoms with Gasteiger partial charge in [-0.3, -0.25) is 10.1 Å². The molecular formula is C7H5BrF2N2O3. The van der Waals surface area contributed by atoms with E-state index in [2.05, 4.69) is 25.7 Å². The number of aromatic nitrogens is 1. The minimum absolute atomic E-state index is 0.116. The van der Waals surface area contributed by atoms with Crippen molar-refractivity contribution in [2.24, 2.45) is 0 Å². The summed E-state index contributed by atoms with van der Waals surface area (Å²) >= 11 is 2.82. The second-order valence-corrected chi connectivity index (χ2v) is 3.20. The van der Waals surface area contributed by atoms with Crippen molar-refractivity contribution < 1.29 is 18.4 Å². The van der Waals surface area contributed by atoms with Gasteiger partial charge in [-0.25, -0.2) is 13.8 Å². The summed E-state index contributed by atoms with van der Waals surface area (Å²) in [6.45, 7) is 0. The molecule has 1 aromatic rings. The highest BCUT2D eigenvalue weighted by atomic mass is 79.9. The number of methoxy groups -OCH3 is 1. The van der Waals surface area contributed by atoms with Crippen LogP contribution in [0.15, 0.2) is 10.7 Å². The molecule has 1 rings (SSSR count). The Kier molecular flexibility index (Phi) is 3.51. The van der Waals surface area contributed by atoms with Gasteiger partial charge < -0.3 is 4.74 Å². The normalized spacial score (nSPS) is 10.5. The van der Waals surface area contributed by atoms with Crippen LogP contribution in [0.1, 0.15) is 12.1 Å². The van der Waals surface area contributed by atoms with Crippen LogP contribution >= 0.6 is 15.9 Å². The van der Waals surface area contributed by atoms with Gasteiger partial charge in [-0.05, 0) is 15.9 Å². The zero-order chi connectivity index (χ0) is 11.6. The van der Waals surface area contributed by atoms with Crippen LogP contribution < -0.4 is 4.74 Å².